The Balaban J connectivity index is 2.26. The lowest BCUT2D eigenvalue weighted by molar-refractivity contribution is 0.625. The van der Waals surface area contributed by atoms with Gasteiger partial charge in [-0.05, 0) is 30.2 Å². The normalized spacial score (nSPS) is 12.3. The van der Waals surface area contributed by atoms with E-state index in [2.05, 4.69) is 18.8 Å². The van der Waals surface area contributed by atoms with Crippen molar-refractivity contribution in [3.63, 3.8) is 0 Å². The van der Waals surface area contributed by atoms with Crippen molar-refractivity contribution in [3.05, 3.63) is 52.7 Å². The van der Waals surface area contributed by atoms with E-state index in [9.17, 15) is 9.69 Å². The van der Waals surface area contributed by atoms with Crippen molar-refractivity contribution >= 4 is 23.8 Å². The van der Waals surface area contributed by atoms with Crippen LogP contribution in [0.2, 0.25) is 0 Å². The van der Waals surface area contributed by atoms with Crippen LogP contribution in [0.15, 0.2) is 41.3 Å². The number of fused-ring (bicyclic) bond motifs is 1. The Morgan fingerprint density at radius 2 is 1.83 bits per heavy atom. The van der Waals surface area contributed by atoms with Gasteiger partial charge < -0.3 is 0 Å². The lowest BCUT2D eigenvalue weighted by Crippen LogP contribution is -2.21. The van der Waals surface area contributed by atoms with Crippen LogP contribution in [0.3, 0.4) is 0 Å². The minimum atomic E-state index is -2.15. The number of rotatable bonds is 3. The maximum atomic E-state index is 12.7. The molecule has 1 N–H and O–H groups in total. The summed E-state index contributed by atoms with van der Waals surface area (Å²) in [6, 6.07) is 9.60. The van der Waals surface area contributed by atoms with E-state index in [-0.39, 0.29) is 5.69 Å². The van der Waals surface area contributed by atoms with E-state index in [1.807, 2.05) is 43.7 Å². The van der Waals surface area contributed by atoms with Crippen LogP contribution in [-0.4, -0.2) is 32.3 Å². The number of aryl methyl sites for hydroxylation is 1. The number of imidazole rings is 1. The molecule has 0 aliphatic carbocycles. The summed E-state index contributed by atoms with van der Waals surface area (Å²) in [5.41, 5.74) is 3.25. The van der Waals surface area contributed by atoms with E-state index in [4.69, 9.17) is 0 Å². The van der Waals surface area contributed by atoms with Crippen molar-refractivity contribution in [1.29, 1.82) is 0 Å². The maximum absolute atomic E-state index is 12.7. The fraction of sp³-hybridized carbons (Fsp3) is 0.333. The molecule has 0 atom stereocenters. The molecule has 0 spiro atoms. The van der Waals surface area contributed by atoms with Crippen LogP contribution in [-0.2, 0) is 7.05 Å². The number of nitrogens with zero attached hydrogens (tertiary/aromatic N) is 3. The third kappa shape index (κ3) is 2.79. The van der Waals surface area contributed by atoms with Crippen molar-refractivity contribution < 1.29 is 4.89 Å². The highest BCUT2D eigenvalue weighted by Crippen LogP contribution is 2.44. The van der Waals surface area contributed by atoms with Crippen molar-refractivity contribution in [3.8, 4) is 5.69 Å². The summed E-state index contributed by atoms with van der Waals surface area (Å²) in [6.07, 6.45) is 1.74. The average Bonchev–Trinajstić information content (AvgIpc) is 2.78. The molecule has 0 saturated carbocycles. The molecule has 2 heterocycles. The summed E-state index contributed by atoms with van der Waals surface area (Å²) in [6.45, 7) is 7.87. The van der Waals surface area contributed by atoms with E-state index in [1.54, 1.807) is 22.4 Å². The highest BCUT2D eigenvalue weighted by atomic mass is 31.2. The number of hydrogen-bond acceptors (Lipinski definition) is 3. The van der Waals surface area contributed by atoms with Gasteiger partial charge in [-0.2, -0.15) is 0 Å². The van der Waals surface area contributed by atoms with Gasteiger partial charge in [0.05, 0.1) is 36.2 Å². The van der Waals surface area contributed by atoms with Gasteiger partial charge in [0.15, 0.2) is 7.49 Å². The number of aromatic nitrogens is 3. The predicted octanol–water partition coefficient (Wildman–Crippen LogP) is 2.66. The van der Waals surface area contributed by atoms with Gasteiger partial charge >= 0.3 is 5.69 Å². The Morgan fingerprint density at radius 1 is 1.12 bits per heavy atom. The maximum Gasteiger partial charge on any atom is 0.333 e. The standard InChI is InChI=1S/C18H23N3O2P/c1-12(2)15-8-6-13(11-19-15)21-17-10-14(24(4,5)23)7-9-16(17)20(3)18(21)22/h6-12,23H,1-5H3/q+1. The van der Waals surface area contributed by atoms with E-state index < -0.39 is 7.49 Å². The molecule has 0 aliphatic rings. The van der Waals surface area contributed by atoms with Crippen LogP contribution in [0.25, 0.3) is 16.7 Å². The van der Waals surface area contributed by atoms with Gasteiger partial charge in [-0.25, -0.2) is 9.69 Å². The van der Waals surface area contributed by atoms with Gasteiger partial charge in [-0.1, -0.05) is 13.8 Å². The van der Waals surface area contributed by atoms with E-state index in [0.717, 1.165) is 27.7 Å². The minimum absolute atomic E-state index is 0.115. The first-order valence-corrected chi connectivity index (χ1v) is 10.6. The molecule has 0 fully saturated rings. The average molecular weight is 344 g/mol. The van der Waals surface area contributed by atoms with Crippen LogP contribution >= 0.6 is 7.49 Å². The van der Waals surface area contributed by atoms with E-state index in [1.165, 1.54) is 0 Å². The molecule has 0 bridgehead atoms. The lowest BCUT2D eigenvalue weighted by atomic mass is 10.1. The SMILES string of the molecule is CC(C)c1ccc(-n2c(=O)n(C)c3ccc([P+](C)(C)O)cc32)cn1. The summed E-state index contributed by atoms with van der Waals surface area (Å²) in [5, 5.41) is 0.876. The zero-order chi connectivity index (χ0) is 17.6. The van der Waals surface area contributed by atoms with Gasteiger partial charge in [0.1, 0.15) is 5.30 Å². The molecule has 0 amide bonds. The molecule has 2 aromatic heterocycles. The minimum Gasteiger partial charge on any atom is -0.295 e. The quantitative estimate of drug-likeness (QED) is 0.743. The fourth-order valence-electron chi connectivity index (χ4n) is 2.79. The zero-order valence-electron chi connectivity index (χ0n) is 14.7. The first-order valence-electron chi connectivity index (χ1n) is 7.95. The topological polar surface area (TPSA) is 60.0 Å². The van der Waals surface area contributed by atoms with Gasteiger partial charge in [-0.3, -0.25) is 14.1 Å². The van der Waals surface area contributed by atoms with E-state index >= 15 is 0 Å². The number of benzene rings is 1. The summed E-state index contributed by atoms with van der Waals surface area (Å²) < 4.78 is 3.28. The third-order valence-corrected chi connectivity index (χ3v) is 5.83. The molecule has 24 heavy (non-hydrogen) atoms. The fourth-order valence-corrected chi connectivity index (χ4v) is 3.67. The second-order valence-corrected chi connectivity index (χ2v) is 10.1. The molecular formula is C18H23N3O2P+. The largest absolute Gasteiger partial charge is 0.333 e. The predicted molar refractivity (Wildman–Crippen MR) is 101 cm³/mol. The molecule has 0 unspecified atom stereocenters. The van der Waals surface area contributed by atoms with Crippen LogP contribution in [0.1, 0.15) is 25.5 Å². The Kier molecular flexibility index (Phi) is 4.10. The number of hydrogen-bond donors (Lipinski definition) is 1. The molecule has 3 rings (SSSR count). The second kappa shape index (κ2) is 5.83. The zero-order valence-corrected chi connectivity index (χ0v) is 15.6. The van der Waals surface area contributed by atoms with Gasteiger partial charge in [0.25, 0.3) is 0 Å². The van der Waals surface area contributed by atoms with Crippen LogP contribution in [0.5, 0.6) is 0 Å². The first-order chi connectivity index (χ1) is 11.2. The molecule has 1 aromatic carbocycles. The van der Waals surface area contributed by atoms with Gasteiger partial charge in [0, 0.05) is 18.8 Å². The highest BCUT2D eigenvalue weighted by Gasteiger charge is 2.26. The molecule has 6 heteroatoms. The van der Waals surface area contributed by atoms with Crippen molar-refractivity contribution in [2.75, 3.05) is 13.3 Å². The molecule has 0 saturated heterocycles. The summed E-state index contributed by atoms with van der Waals surface area (Å²) in [7, 11) is -0.391. The summed E-state index contributed by atoms with van der Waals surface area (Å²) in [5.74, 6) is 0.342. The third-order valence-electron chi connectivity index (χ3n) is 4.29. The summed E-state index contributed by atoms with van der Waals surface area (Å²) in [4.78, 5) is 27.6. The molecule has 126 valence electrons. The molecular weight excluding hydrogens is 321 g/mol. The lowest BCUT2D eigenvalue weighted by Gasteiger charge is -2.10. The van der Waals surface area contributed by atoms with Crippen molar-refractivity contribution in [2.45, 2.75) is 19.8 Å². The first kappa shape index (κ1) is 16.9. The van der Waals surface area contributed by atoms with Crippen LogP contribution < -0.4 is 11.0 Å². The Labute approximate surface area is 142 Å². The number of pyridine rings is 1. The van der Waals surface area contributed by atoms with Gasteiger partial charge in [-0.15, -0.1) is 0 Å². The molecule has 0 radical (unpaired) electrons. The molecule has 0 aliphatic heterocycles. The van der Waals surface area contributed by atoms with Crippen molar-refractivity contribution in [1.82, 2.24) is 14.1 Å². The summed E-state index contributed by atoms with van der Waals surface area (Å²) >= 11 is 0. The highest BCUT2D eigenvalue weighted by molar-refractivity contribution is 7.76. The van der Waals surface area contributed by atoms with Crippen LogP contribution in [0, 0.1) is 0 Å². The Bertz CT molecular complexity index is 947. The second-order valence-electron chi connectivity index (χ2n) is 6.84. The van der Waals surface area contributed by atoms with E-state index in [0.29, 0.717) is 5.92 Å². The van der Waals surface area contributed by atoms with Crippen LogP contribution in [0.4, 0.5) is 0 Å². The Hall–Kier alpha value is -1.97. The van der Waals surface area contributed by atoms with Crippen molar-refractivity contribution in [2.24, 2.45) is 7.05 Å². The van der Waals surface area contributed by atoms with Gasteiger partial charge in [0.2, 0.25) is 0 Å². The Morgan fingerprint density at radius 3 is 2.38 bits per heavy atom. The monoisotopic (exact) mass is 344 g/mol. The smallest absolute Gasteiger partial charge is 0.295 e. The molecule has 5 nitrogen and oxygen atoms in total. The molecule has 3 aromatic rings.